The summed E-state index contributed by atoms with van der Waals surface area (Å²) in [5.41, 5.74) is 3.23. The summed E-state index contributed by atoms with van der Waals surface area (Å²) in [5, 5.41) is 9.99. The molecule has 25 heavy (non-hydrogen) atoms. The third kappa shape index (κ3) is 5.26. The van der Waals surface area contributed by atoms with Crippen LogP contribution in [-0.4, -0.2) is 36.8 Å². The summed E-state index contributed by atoms with van der Waals surface area (Å²) in [6.07, 6.45) is 3.29. The Morgan fingerprint density at radius 1 is 1.16 bits per heavy atom. The Kier molecular flexibility index (Phi) is 5.67. The molecular formula is C18H21N3O2S2. The summed E-state index contributed by atoms with van der Waals surface area (Å²) in [6.45, 7) is 1.74. The Morgan fingerprint density at radius 2 is 1.96 bits per heavy atom. The van der Waals surface area contributed by atoms with Crippen LogP contribution in [0.25, 0.3) is 10.6 Å². The minimum atomic E-state index is -2.95. The van der Waals surface area contributed by atoms with Crippen molar-refractivity contribution in [2.45, 2.75) is 13.1 Å². The lowest BCUT2D eigenvalue weighted by molar-refractivity contribution is 0.596. The first kappa shape index (κ1) is 17.8. The van der Waals surface area contributed by atoms with Gasteiger partial charge in [0, 0.05) is 31.1 Å². The van der Waals surface area contributed by atoms with E-state index < -0.39 is 9.84 Å². The van der Waals surface area contributed by atoms with Crippen LogP contribution in [0, 0.1) is 0 Å². The molecule has 0 radical (unpaired) electrons. The average Bonchev–Trinajstić information content (AvgIpc) is 3.21. The third-order valence-electron chi connectivity index (χ3n) is 3.74. The predicted molar refractivity (Wildman–Crippen MR) is 103 cm³/mol. The standard InChI is InChI=1S/C18H21N3O2S2/c1-25(22,23)11-9-19-12-16-14-21(13-15-6-3-2-4-7-15)20-18(16)17-8-5-10-24-17/h2-8,10,14,19H,9,11-13H2,1H3. The van der Waals surface area contributed by atoms with E-state index in [0.717, 1.165) is 16.1 Å². The molecule has 0 atom stereocenters. The van der Waals surface area contributed by atoms with Crippen molar-refractivity contribution in [3.05, 3.63) is 65.2 Å². The SMILES string of the molecule is CS(=O)(=O)CCNCc1cn(Cc2ccccc2)nc1-c1cccs1. The van der Waals surface area contributed by atoms with E-state index in [1.807, 2.05) is 40.5 Å². The number of nitrogens with one attached hydrogen (secondary N) is 1. The first-order valence-corrected chi connectivity index (χ1v) is 11.0. The van der Waals surface area contributed by atoms with Crippen LogP contribution in [0.3, 0.4) is 0 Å². The number of aromatic nitrogens is 2. The molecule has 3 aromatic rings. The highest BCUT2D eigenvalue weighted by atomic mass is 32.2. The van der Waals surface area contributed by atoms with Crippen molar-refractivity contribution in [2.75, 3.05) is 18.6 Å². The van der Waals surface area contributed by atoms with Gasteiger partial charge in [-0.1, -0.05) is 36.4 Å². The summed E-state index contributed by atoms with van der Waals surface area (Å²) in [4.78, 5) is 1.12. The molecule has 1 aromatic carbocycles. The Bertz CT molecular complexity index is 901. The molecule has 0 aliphatic rings. The van der Waals surface area contributed by atoms with Crippen molar-refractivity contribution in [3.63, 3.8) is 0 Å². The molecule has 0 amide bonds. The third-order valence-corrected chi connectivity index (χ3v) is 5.57. The topological polar surface area (TPSA) is 64.0 Å². The van der Waals surface area contributed by atoms with Crippen molar-refractivity contribution in [2.24, 2.45) is 0 Å². The van der Waals surface area contributed by atoms with Crippen molar-refractivity contribution in [1.29, 1.82) is 0 Å². The first-order chi connectivity index (χ1) is 12.0. The molecule has 7 heteroatoms. The highest BCUT2D eigenvalue weighted by molar-refractivity contribution is 7.90. The second-order valence-electron chi connectivity index (χ2n) is 5.97. The zero-order chi connectivity index (χ0) is 17.7. The normalized spacial score (nSPS) is 11.7. The Balaban J connectivity index is 1.75. The molecule has 132 valence electrons. The number of thiophene rings is 1. The molecule has 5 nitrogen and oxygen atoms in total. The van der Waals surface area contributed by atoms with Crippen LogP contribution in [0.2, 0.25) is 0 Å². The lowest BCUT2D eigenvalue weighted by Crippen LogP contribution is -2.22. The molecule has 1 N–H and O–H groups in total. The Morgan fingerprint density at radius 3 is 2.64 bits per heavy atom. The Hall–Kier alpha value is -1.96. The second-order valence-corrected chi connectivity index (χ2v) is 9.18. The molecule has 2 heterocycles. The summed E-state index contributed by atoms with van der Waals surface area (Å²) < 4.78 is 24.4. The molecule has 2 aromatic heterocycles. The number of hydrogen-bond acceptors (Lipinski definition) is 5. The number of sulfone groups is 1. The van der Waals surface area contributed by atoms with Crippen LogP contribution in [-0.2, 0) is 22.9 Å². The second kappa shape index (κ2) is 7.95. The van der Waals surface area contributed by atoms with Gasteiger partial charge < -0.3 is 5.32 Å². The van der Waals surface area contributed by atoms with Crippen molar-refractivity contribution >= 4 is 21.2 Å². The van der Waals surface area contributed by atoms with Crippen LogP contribution >= 0.6 is 11.3 Å². The van der Waals surface area contributed by atoms with Gasteiger partial charge in [0.2, 0.25) is 0 Å². The maximum Gasteiger partial charge on any atom is 0.148 e. The highest BCUT2D eigenvalue weighted by Gasteiger charge is 2.12. The number of hydrogen-bond donors (Lipinski definition) is 1. The van der Waals surface area contributed by atoms with Crippen molar-refractivity contribution < 1.29 is 8.42 Å². The number of rotatable bonds is 8. The van der Waals surface area contributed by atoms with Gasteiger partial charge >= 0.3 is 0 Å². The van der Waals surface area contributed by atoms with E-state index in [1.165, 1.54) is 11.8 Å². The van der Waals surface area contributed by atoms with E-state index in [2.05, 4.69) is 23.5 Å². The summed E-state index contributed by atoms with van der Waals surface area (Å²) in [7, 11) is -2.95. The molecule has 0 spiro atoms. The van der Waals surface area contributed by atoms with Crippen LogP contribution in [0.5, 0.6) is 0 Å². The summed E-state index contributed by atoms with van der Waals surface area (Å²) >= 11 is 1.65. The molecule has 0 saturated heterocycles. The zero-order valence-electron chi connectivity index (χ0n) is 14.1. The summed E-state index contributed by atoms with van der Waals surface area (Å²) in [5.74, 6) is 0.138. The van der Waals surface area contributed by atoms with Crippen molar-refractivity contribution in [1.82, 2.24) is 15.1 Å². The number of nitrogens with zero attached hydrogens (tertiary/aromatic N) is 2. The average molecular weight is 376 g/mol. The lowest BCUT2D eigenvalue weighted by atomic mass is 10.2. The molecule has 0 fully saturated rings. The van der Waals surface area contributed by atoms with Gasteiger partial charge in [-0.15, -0.1) is 11.3 Å². The minimum absolute atomic E-state index is 0.138. The van der Waals surface area contributed by atoms with E-state index in [0.29, 0.717) is 19.6 Å². The first-order valence-electron chi connectivity index (χ1n) is 8.04. The fourth-order valence-electron chi connectivity index (χ4n) is 2.54. The molecule has 0 saturated carbocycles. The molecule has 0 aliphatic carbocycles. The van der Waals surface area contributed by atoms with Crippen molar-refractivity contribution in [3.8, 4) is 10.6 Å². The molecule has 0 bridgehead atoms. The van der Waals surface area contributed by atoms with E-state index in [1.54, 1.807) is 11.3 Å². The smallest absolute Gasteiger partial charge is 0.148 e. The quantitative estimate of drug-likeness (QED) is 0.615. The van der Waals surface area contributed by atoms with Crippen LogP contribution < -0.4 is 5.32 Å². The van der Waals surface area contributed by atoms with Gasteiger partial charge in [0.05, 0.1) is 17.2 Å². The van der Waals surface area contributed by atoms with E-state index in [4.69, 9.17) is 5.10 Å². The molecular weight excluding hydrogens is 354 g/mol. The highest BCUT2D eigenvalue weighted by Crippen LogP contribution is 2.26. The predicted octanol–water partition coefficient (Wildman–Crippen LogP) is 2.79. The van der Waals surface area contributed by atoms with E-state index >= 15 is 0 Å². The maximum absolute atomic E-state index is 11.2. The van der Waals surface area contributed by atoms with Crippen LogP contribution in [0.1, 0.15) is 11.1 Å². The molecule has 0 unspecified atom stereocenters. The van der Waals surface area contributed by atoms with Crippen LogP contribution in [0.4, 0.5) is 0 Å². The van der Waals surface area contributed by atoms with Gasteiger partial charge in [-0.25, -0.2) is 8.42 Å². The number of benzene rings is 1. The monoisotopic (exact) mass is 375 g/mol. The van der Waals surface area contributed by atoms with Gasteiger partial charge in [-0.05, 0) is 17.0 Å². The van der Waals surface area contributed by atoms with Crippen LogP contribution in [0.15, 0.2) is 54.0 Å². The van der Waals surface area contributed by atoms with Gasteiger partial charge in [-0.2, -0.15) is 5.10 Å². The Labute approximate surface area is 152 Å². The zero-order valence-corrected chi connectivity index (χ0v) is 15.7. The van der Waals surface area contributed by atoms with Gasteiger partial charge in [0.1, 0.15) is 15.5 Å². The maximum atomic E-state index is 11.2. The van der Waals surface area contributed by atoms with Gasteiger partial charge in [0.15, 0.2) is 0 Å². The van der Waals surface area contributed by atoms with Gasteiger partial charge in [-0.3, -0.25) is 4.68 Å². The van der Waals surface area contributed by atoms with E-state index in [-0.39, 0.29) is 5.75 Å². The van der Waals surface area contributed by atoms with Gasteiger partial charge in [0.25, 0.3) is 0 Å². The lowest BCUT2D eigenvalue weighted by Gasteiger charge is -2.03. The van der Waals surface area contributed by atoms with E-state index in [9.17, 15) is 8.42 Å². The fourth-order valence-corrected chi connectivity index (χ4v) is 3.80. The largest absolute Gasteiger partial charge is 0.312 e. The summed E-state index contributed by atoms with van der Waals surface area (Å²) in [6, 6.07) is 14.3. The fraction of sp³-hybridized carbons (Fsp3) is 0.278. The molecule has 3 rings (SSSR count). The molecule has 0 aliphatic heterocycles. The minimum Gasteiger partial charge on any atom is -0.312 e.